The summed E-state index contributed by atoms with van der Waals surface area (Å²) in [5, 5.41) is 5.50. The van der Waals surface area contributed by atoms with E-state index in [2.05, 4.69) is 22.5 Å². The van der Waals surface area contributed by atoms with E-state index in [1.54, 1.807) is 12.3 Å². The molecule has 0 atom stereocenters. The molecule has 4 nitrogen and oxygen atoms in total. The number of amides is 2. The van der Waals surface area contributed by atoms with Crippen LogP contribution in [-0.4, -0.2) is 17.6 Å². The molecule has 0 aliphatic rings. The lowest BCUT2D eigenvalue weighted by molar-refractivity contribution is 0.252. The van der Waals surface area contributed by atoms with E-state index < -0.39 is 0 Å². The van der Waals surface area contributed by atoms with E-state index in [1.165, 1.54) is 25.7 Å². The van der Waals surface area contributed by atoms with Gasteiger partial charge >= 0.3 is 6.03 Å². The normalized spacial score (nSPS) is 9.94. The Labute approximate surface area is 103 Å². The highest BCUT2D eigenvalue weighted by Gasteiger charge is 2.00. The molecule has 0 saturated carbocycles. The van der Waals surface area contributed by atoms with Crippen molar-refractivity contribution in [1.29, 1.82) is 0 Å². The topological polar surface area (TPSA) is 54.0 Å². The van der Waals surface area contributed by atoms with Crippen LogP contribution in [0, 0.1) is 0 Å². The average Bonchev–Trinajstić information content (AvgIpc) is 2.35. The molecule has 2 N–H and O–H groups in total. The Hall–Kier alpha value is -1.58. The van der Waals surface area contributed by atoms with Crippen LogP contribution in [0.1, 0.15) is 39.0 Å². The molecule has 1 aromatic heterocycles. The highest BCUT2D eigenvalue weighted by molar-refractivity contribution is 5.88. The first kappa shape index (κ1) is 13.5. The van der Waals surface area contributed by atoms with Gasteiger partial charge in [0.1, 0.15) is 5.82 Å². The Morgan fingerprint density at radius 2 is 2.06 bits per heavy atom. The van der Waals surface area contributed by atoms with Crippen LogP contribution in [0.5, 0.6) is 0 Å². The minimum absolute atomic E-state index is 0.181. The van der Waals surface area contributed by atoms with Crippen LogP contribution < -0.4 is 10.6 Å². The molecule has 0 aliphatic heterocycles. The fraction of sp³-hybridized carbons (Fsp3) is 0.538. The van der Waals surface area contributed by atoms with E-state index in [-0.39, 0.29) is 6.03 Å². The predicted octanol–water partition coefficient (Wildman–Crippen LogP) is 3.17. The zero-order chi connectivity index (χ0) is 12.3. The summed E-state index contributed by atoms with van der Waals surface area (Å²) in [7, 11) is 0. The van der Waals surface area contributed by atoms with Gasteiger partial charge in [-0.3, -0.25) is 5.32 Å². The maximum absolute atomic E-state index is 11.4. The SMILES string of the molecule is CCCCCCCNC(=O)Nc1ccccn1. The van der Waals surface area contributed by atoms with E-state index >= 15 is 0 Å². The zero-order valence-electron chi connectivity index (χ0n) is 10.4. The van der Waals surface area contributed by atoms with Crippen LogP contribution in [0.3, 0.4) is 0 Å². The number of nitrogens with one attached hydrogen (secondary N) is 2. The predicted molar refractivity (Wildman–Crippen MR) is 70.0 cm³/mol. The number of carbonyl (C=O) groups is 1. The first-order valence-corrected chi connectivity index (χ1v) is 6.29. The summed E-state index contributed by atoms with van der Waals surface area (Å²) < 4.78 is 0. The lowest BCUT2D eigenvalue weighted by Gasteiger charge is -2.06. The fourth-order valence-corrected chi connectivity index (χ4v) is 1.53. The minimum Gasteiger partial charge on any atom is -0.338 e. The van der Waals surface area contributed by atoms with E-state index in [0.717, 1.165) is 13.0 Å². The van der Waals surface area contributed by atoms with Crippen LogP contribution in [0.25, 0.3) is 0 Å². The van der Waals surface area contributed by atoms with Crippen molar-refractivity contribution in [2.45, 2.75) is 39.0 Å². The van der Waals surface area contributed by atoms with Gasteiger partial charge in [0.25, 0.3) is 0 Å². The number of unbranched alkanes of at least 4 members (excludes halogenated alkanes) is 4. The van der Waals surface area contributed by atoms with E-state index in [4.69, 9.17) is 0 Å². The zero-order valence-corrected chi connectivity index (χ0v) is 10.4. The Morgan fingerprint density at radius 1 is 1.24 bits per heavy atom. The maximum Gasteiger partial charge on any atom is 0.320 e. The van der Waals surface area contributed by atoms with Crippen LogP contribution in [0.4, 0.5) is 10.6 Å². The molecular formula is C13H21N3O. The van der Waals surface area contributed by atoms with Crippen molar-refractivity contribution in [3.63, 3.8) is 0 Å². The second kappa shape index (κ2) is 8.56. The van der Waals surface area contributed by atoms with Gasteiger partial charge in [-0.1, -0.05) is 38.7 Å². The van der Waals surface area contributed by atoms with Gasteiger partial charge in [0.15, 0.2) is 0 Å². The summed E-state index contributed by atoms with van der Waals surface area (Å²) in [5.41, 5.74) is 0. The lowest BCUT2D eigenvalue weighted by atomic mass is 10.1. The molecule has 0 unspecified atom stereocenters. The molecule has 1 heterocycles. The van der Waals surface area contributed by atoms with Crippen LogP contribution >= 0.6 is 0 Å². The molecule has 0 bridgehead atoms. The van der Waals surface area contributed by atoms with Crippen molar-refractivity contribution in [3.8, 4) is 0 Å². The van der Waals surface area contributed by atoms with Crippen molar-refractivity contribution in [1.82, 2.24) is 10.3 Å². The monoisotopic (exact) mass is 235 g/mol. The number of carbonyl (C=O) groups excluding carboxylic acids is 1. The average molecular weight is 235 g/mol. The van der Waals surface area contributed by atoms with Crippen LogP contribution in [-0.2, 0) is 0 Å². The number of rotatable bonds is 7. The minimum atomic E-state index is -0.181. The molecule has 4 heteroatoms. The summed E-state index contributed by atoms with van der Waals surface area (Å²) in [5.74, 6) is 0.580. The Balaban J connectivity index is 2.06. The molecule has 0 fully saturated rings. The number of nitrogens with zero attached hydrogens (tertiary/aromatic N) is 1. The van der Waals surface area contributed by atoms with Crippen molar-refractivity contribution >= 4 is 11.8 Å². The third kappa shape index (κ3) is 6.56. The van der Waals surface area contributed by atoms with E-state index in [9.17, 15) is 4.79 Å². The number of hydrogen-bond acceptors (Lipinski definition) is 2. The highest BCUT2D eigenvalue weighted by Crippen LogP contribution is 2.02. The van der Waals surface area contributed by atoms with Gasteiger partial charge < -0.3 is 5.32 Å². The molecule has 17 heavy (non-hydrogen) atoms. The first-order valence-electron chi connectivity index (χ1n) is 6.29. The molecule has 94 valence electrons. The maximum atomic E-state index is 11.4. The van der Waals surface area contributed by atoms with Gasteiger partial charge in [0.05, 0.1) is 0 Å². The van der Waals surface area contributed by atoms with Gasteiger partial charge in [-0.2, -0.15) is 0 Å². The third-order valence-corrected chi connectivity index (χ3v) is 2.47. The van der Waals surface area contributed by atoms with Crippen molar-refractivity contribution in [3.05, 3.63) is 24.4 Å². The Morgan fingerprint density at radius 3 is 2.76 bits per heavy atom. The summed E-state index contributed by atoms with van der Waals surface area (Å²) in [4.78, 5) is 15.5. The van der Waals surface area contributed by atoms with Gasteiger partial charge in [-0.15, -0.1) is 0 Å². The smallest absolute Gasteiger partial charge is 0.320 e. The molecule has 1 rings (SSSR count). The molecule has 0 saturated heterocycles. The van der Waals surface area contributed by atoms with E-state index in [1.807, 2.05) is 12.1 Å². The Kier molecular flexibility index (Phi) is 6.79. The van der Waals surface area contributed by atoms with Gasteiger partial charge in [-0.05, 0) is 18.6 Å². The molecular weight excluding hydrogens is 214 g/mol. The molecule has 1 aromatic rings. The summed E-state index contributed by atoms with van der Waals surface area (Å²) in [6.45, 7) is 2.92. The standard InChI is InChI=1S/C13H21N3O/c1-2-3-4-5-7-11-15-13(17)16-12-9-6-8-10-14-12/h6,8-10H,2-5,7,11H2,1H3,(H2,14,15,16,17). The third-order valence-electron chi connectivity index (χ3n) is 2.47. The number of pyridine rings is 1. The summed E-state index contributed by atoms with van der Waals surface area (Å²) in [6.07, 6.45) is 7.64. The molecule has 0 radical (unpaired) electrons. The number of hydrogen-bond donors (Lipinski definition) is 2. The first-order chi connectivity index (χ1) is 8.33. The Bertz CT molecular complexity index is 314. The number of anilines is 1. The second-order valence-electron chi connectivity index (χ2n) is 4.01. The largest absolute Gasteiger partial charge is 0.338 e. The molecule has 0 aromatic carbocycles. The molecule has 2 amide bonds. The molecule has 0 aliphatic carbocycles. The van der Waals surface area contributed by atoms with Gasteiger partial charge in [0.2, 0.25) is 0 Å². The molecule has 0 spiro atoms. The number of urea groups is 1. The van der Waals surface area contributed by atoms with E-state index in [0.29, 0.717) is 5.82 Å². The van der Waals surface area contributed by atoms with Crippen LogP contribution in [0.15, 0.2) is 24.4 Å². The fourth-order valence-electron chi connectivity index (χ4n) is 1.53. The van der Waals surface area contributed by atoms with Crippen molar-refractivity contribution in [2.24, 2.45) is 0 Å². The van der Waals surface area contributed by atoms with Gasteiger partial charge in [0, 0.05) is 12.7 Å². The highest BCUT2D eigenvalue weighted by atomic mass is 16.2. The van der Waals surface area contributed by atoms with Crippen molar-refractivity contribution < 1.29 is 4.79 Å². The number of aromatic nitrogens is 1. The van der Waals surface area contributed by atoms with Crippen molar-refractivity contribution in [2.75, 3.05) is 11.9 Å². The van der Waals surface area contributed by atoms with Crippen LogP contribution in [0.2, 0.25) is 0 Å². The van der Waals surface area contributed by atoms with Gasteiger partial charge in [-0.25, -0.2) is 9.78 Å². The summed E-state index contributed by atoms with van der Waals surface area (Å²) >= 11 is 0. The summed E-state index contributed by atoms with van der Waals surface area (Å²) in [6, 6.07) is 5.24. The quantitative estimate of drug-likeness (QED) is 0.713. The second-order valence-corrected chi connectivity index (χ2v) is 4.01. The lowest BCUT2D eigenvalue weighted by Crippen LogP contribution is -2.29.